The molecule has 0 saturated heterocycles. The zero-order chi connectivity index (χ0) is 70.0. The number of allylic oxidation sites excluding steroid dienone is 36. The highest BCUT2D eigenvalue weighted by atomic mass is 31.2. The summed E-state index contributed by atoms with van der Waals surface area (Å²) in [6, 6.07) is 0. The minimum Gasteiger partial charge on any atom is -0.462 e. The Hall–Kier alpha value is -5.67. The van der Waals surface area contributed by atoms with E-state index in [1.165, 1.54) is 83.5 Å². The van der Waals surface area contributed by atoms with Gasteiger partial charge in [0.2, 0.25) is 0 Å². The number of rotatable bonds is 69. The van der Waals surface area contributed by atoms with Crippen molar-refractivity contribution in [3.8, 4) is 0 Å². The van der Waals surface area contributed by atoms with Crippen LogP contribution in [0.3, 0.4) is 0 Å². The molecule has 544 valence electrons. The maximum absolute atomic E-state index is 12.8. The predicted octanol–water partition coefficient (Wildman–Crippen LogP) is 26.0. The minimum atomic E-state index is -4.42. The highest BCUT2D eigenvalue weighted by Gasteiger charge is 2.26. The van der Waals surface area contributed by atoms with E-state index in [1.54, 1.807) is 0 Å². The molecule has 0 fully saturated rings. The van der Waals surface area contributed by atoms with Gasteiger partial charge in [-0.15, -0.1) is 0 Å². The van der Waals surface area contributed by atoms with Gasteiger partial charge in [0.25, 0.3) is 0 Å². The monoisotopic (exact) mass is 1360 g/mol. The van der Waals surface area contributed by atoms with Crippen LogP contribution in [0.2, 0.25) is 0 Å². The van der Waals surface area contributed by atoms with Crippen LogP contribution in [0.1, 0.15) is 284 Å². The molecule has 0 aromatic rings. The molecule has 0 spiro atoms. The molecular formula is C87H138NO8P. The van der Waals surface area contributed by atoms with Gasteiger partial charge < -0.3 is 20.1 Å². The number of hydrogen-bond acceptors (Lipinski definition) is 8. The third kappa shape index (κ3) is 79.2. The lowest BCUT2D eigenvalue weighted by atomic mass is 10.0. The minimum absolute atomic E-state index is 0.0388. The maximum atomic E-state index is 12.8. The topological polar surface area (TPSA) is 134 Å². The Balaban J connectivity index is 3.97. The van der Waals surface area contributed by atoms with Crippen molar-refractivity contribution in [3.63, 3.8) is 0 Å². The number of esters is 2. The van der Waals surface area contributed by atoms with Gasteiger partial charge in [-0.3, -0.25) is 18.6 Å². The van der Waals surface area contributed by atoms with Gasteiger partial charge in [0.1, 0.15) is 6.61 Å². The summed E-state index contributed by atoms with van der Waals surface area (Å²) in [5.74, 6) is -0.867. The van der Waals surface area contributed by atoms with E-state index in [4.69, 9.17) is 24.3 Å². The second-order valence-corrected chi connectivity index (χ2v) is 25.9. The molecule has 0 bridgehead atoms. The second kappa shape index (κ2) is 79.3. The lowest BCUT2D eigenvalue weighted by Crippen LogP contribution is -2.29. The summed E-state index contributed by atoms with van der Waals surface area (Å²) in [5, 5.41) is 0. The van der Waals surface area contributed by atoms with E-state index in [0.717, 1.165) is 167 Å². The number of phosphoric acid groups is 1. The molecule has 0 radical (unpaired) electrons. The lowest BCUT2D eigenvalue weighted by Gasteiger charge is -2.19. The van der Waals surface area contributed by atoms with Crippen molar-refractivity contribution in [1.82, 2.24) is 0 Å². The molecule has 0 aliphatic carbocycles. The van der Waals surface area contributed by atoms with Crippen LogP contribution >= 0.6 is 7.82 Å². The Morgan fingerprint density at radius 3 is 0.794 bits per heavy atom. The first-order chi connectivity index (χ1) is 47.8. The van der Waals surface area contributed by atoms with Crippen molar-refractivity contribution in [3.05, 3.63) is 219 Å². The summed E-state index contributed by atoms with van der Waals surface area (Å²) in [6.45, 7) is 3.47. The predicted molar refractivity (Wildman–Crippen MR) is 421 cm³/mol. The van der Waals surface area contributed by atoms with Gasteiger partial charge in [0.05, 0.1) is 13.2 Å². The molecule has 0 aliphatic heterocycles. The van der Waals surface area contributed by atoms with Gasteiger partial charge in [0.15, 0.2) is 6.10 Å². The van der Waals surface area contributed by atoms with Crippen LogP contribution in [0.4, 0.5) is 0 Å². The highest BCUT2D eigenvalue weighted by Crippen LogP contribution is 2.43. The average Bonchev–Trinajstić information content (AvgIpc) is 2.69. The fourth-order valence-electron chi connectivity index (χ4n) is 9.80. The van der Waals surface area contributed by atoms with Crippen molar-refractivity contribution >= 4 is 19.8 Å². The summed E-state index contributed by atoms with van der Waals surface area (Å²) in [5.41, 5.74) is 5.41. The Bertz CT molecular complexity index is 2400. The summed E-state index contributed by atoms with van der Waals surface area (Å²) < 4.78 is 33.2. The summed E-state index contributed by atoms with van der Waals surface area (Å²) in [7, 11) is -4.42. The molecule has 9 nitrogen and oxygen atoms in total. The number of carbonyl (C=O) groups is 2. The molecule has 3 N–H and O–H groups in total. The van der Waals surface area contributed by atoms with E-state index in [1.807, 2.05) is 0 Å². The van der Waals surface area contributed by atoms with Crippen molar-refractivity contribution in [2.75, 3.05) is 26.4 Å². The summed E-state index contributed by atoms with van der Waals surface area (Å²) >= 11 is 0. The third-order valence-electron chi connectivity index (χ3n) is 15.4. The number of hydrogen-bond donors (Lipinski definition) is 2. The van der Waals surface area contributed by atoms with Crippen LogP contribution in [0.25, 0.3) is 0 Å². The van der Waals surface area contributed by atoms with Gasteiger partial charge in [-0.2, -0.15) is 0 Å². The number of unbranched alkanes of at least 4 members (excludes halogenated alkanes) is 20. The van der Waals surface area contributed by atoms with Gasteiger partial charge in [0, 0.05) is 19.4 Å². The van der Waals surface area contributed by atoms with E-state index in [9.17, 15) is 19.0 Å². The van der Waals surface area contributed by atoms with E-state index in [2.05, 4.69) is 233 Å². The molecule has 0 rings (SSSR count). The number of nitrogens with two attached hydrogens (primary N) is 1. The molecule has 0 aromatic carbocycles. The van der Waals surface area contributed by atoms with E-state index in [0.29, 0.717) is 6.42 Å². The van der Waals surface area contributed by atoms with Crippen LogP contribution in [0.15, 0.2) is 219 Å². The Morgan fingerprint density at radius 1 is 0.309 bits per heavy atom. The van der Waals surface area contributed by atoms with Crippen LogP contribution in [0, 0.1) is 0 Å². The van der Waals surface area contributed by atoms with Crippen LogP contribution in [-0.4, -0.2) is 49.3 Å². The van der Waals surface area contributed by atoms with Gasteiger partial charge in [-0.1, -0.05) is 335 Å². The molecule has 0 aromatic heterocycles. The number of carbonyl (C=O) groups excluding carboxylic acids is 2. The largest absolute Gasteiger partial charge is 0.472 e. The molecule has 0 amide bonds. The van der Waals surface area contributed by atoms with E-state index < -0.39 is 32.5 Å². The van der Waals surface area contributed by atoms with Crippen molar-refractivity contribution in [2.45, 2.75) is 290 Å². The molecule has 0 aliphatic rings. The SMILES string of the molecule is CC/C=C\C/C=C\C/C=C\C/C=C\C/C=C\C/C=C\C/C=C\C/C=C\C/C=C\C/C=C\CCCCCCC(=O)OC(COC(=O)CCCCCCCCCCCCCCCCCC/C=C\C/C=C\C/C=C\C/C=C\C/C=C\C/C=C\C/C=C\C/C=C\CC)COP(=O)(O)OCCN. The average molecular weight is 1360 g/mol. The molecule has 10 heteroatoms. The van der Waals surface area contributed by atoms with Gasteiger partial charge in [-0.05, 0) is 154 Å². The summed E-state index contributed by atoms with van der Waals surface area (Å²) in [4.78, 5) is 35.4. The van der Waals surface area contributed by atoms with Gasteiger partial charge >= 0.3 is 19.8 Å². The fourth-order valence-corrected chi connectivity index (χ4v) is 10.6. The van der Waals surface area contributed by atoms with Crippen LogP contribution in [-0.2, 0) is 32.7 Å². The Morgan fingerprint density at radius 2 is 0.536 bits per heavy atom. The number of phosphoric ester groups is 1. The molecule has 0 heterocycles. The highest BCUT2D eigenvalue weighted by molar-refractivity contribution is 7.47. The summed E-state index contributed by atoms with van der Waals surface area (Å²) in [6.07, 6.45) is 123. The number of ether oxygens (including phenoxy) is 2. The van der Waals surface area contributed by atoms with E-state index in [-0.39, 0.29) is 32.6 Å². The fraction of sp³-hybridized carbons (Fsp3) is 0.563. The molecule has 0 saturated carbocycles. The lowest BCUT2D eigenvalue weighted by molar-refractivity contribution is -0.161. The molecular weight excluding hydrogens is 1220 g/mol. The first kappa shape index (κ1) is 91.3. The Labute approximate surface area is 594 Å². The maximum Gasteiger partial charge on any atom is 0.472 e. The first-order valence-electron chi connectivity index (χ1n) is 38.2. The van der Waals surface area contributed by atoms with Crippen molar-refractivity contribution < 1.29 is 37.6 Å². The molecule has 2 atom stereocenters. The quantitative estimate of drug-likeness (QED) is 0.0264. The van der Waals surface area contributed by atoms with Gasteiger partial charge in [-0.25, -0.2) is 4.57 Å². The zero-order valence-corrected chi connectivity index (χ0v) is 62.1. The van der Waals surface area contributed by atoms with Crippen molar-refractivity contribution in [2.24, 2.45) is 5.73 Å². The van der Waals surface area contributed by atoms with Crippen LogP contribution < -0.4 is 5.73 Å². The third-order valence-corrected chi connectivity index (χ3v) is 16.3. The normalized spacial score (nSPS) is 14.1. The molecule has 97 heavy (non-hydrogen) atoms. The molecule has 2 unspecified atom stereocenters. The standard InChI is InChI=1S/C87H138NO8P/c1-3-5-7-9-11-13-15-17-19-21-23-25-27-29-31-33-35-37-39-40-41-42-43-44-46-47-49-51-53-55-57-59-61-63-65-67-69-71-73-75-77-79-86(89)93-83-85(84-95-97(91,92)94-82-81-88)96-87(90)80-78-76-74-72-70-68-66-64-62-60-58-56-54-52-50-48-45-38-36-34-32-30-28-26-24-22-20-18-16-14-12-10-8-6-4-2/h5-8,11-14,17-20,23-26,29-32,35-38,40-41,43-44,48,50,54,56,60,62,66,68,85H,3-4,9-10,15-16,21-22,27-28,33-34,39,42,45-47,49,51-53,55,57-59,61,63-65,67,69-84,88H2,1-2H3,(H,91,92)/b7-5-,8-6-,13-11-,14-12-,19-17-,20-18-,25-23-,26-24-,31-29-,32-30-,37-35-,38-36-,41-40-,44-43-,50-48-,56-54-,62-60-,68-66-. The Kier molecular flexibility index (Phi) is 74.7. The second-order valence-electron chi connectivity index (χ2n) is 24.4. The van der Waals surface area contributed by atoms with E-state index >= 15 is 0 Å². The first-order valence-corrected chi connectivity index (χ1v) is 39.7. The smallest absolute Gasteiger partial charge is 0.462 e. The zero-order valence-electron chi connectivity index (χ0n) is 61.2. The van der Waals surface area contributed by atoms with Crippen LogP contribution in [0.5, 0.6) is 0 Å². The van der Waals surface area contributed by atoms with Crippen molar-refractivity contribution in [1.29, 1.82) is 0 Å².